The summed E-state index contributed by atoms with van der Waals surface area (Å²) in [5.74, 6) is -1.69. The van der Waals surface area contributed by atoms with Crippen LogP contribution in [-0.4, -0.2) is 34.2 Å². The molecule has 0 aromatic carbocycles. The van der Waals surface area contributed by atoms with Gasteiger partial charge < -0.3 is 10.8 Å². The Hall–Kier alpha value is -1.68. The van der Waals surface area contributed by atoms with E-state index >= 15 is 0 Å². The highest BCUT2D eigenvalue weighted by molar-refractivity contribution is 5.88. The van der Waals surface area contributed by atoms with Crippen LogP contribution in [0.5, 0.6) is 0 Å². The summed E-state index contributed by atoms with van der Waals surface area (Å²) in [5, 5.41) is 9.94. The quantitative estimate of drug-likeness (QED) is 0.751. The minimum absolute atomic E-state index is 0.132. The number of halogens is 6. The van der Waals surface area contributed by atoms with Crippen LogP contribution < -0.4 is 5.73 Å². The van der Waals surface area contributed by atoms with Crippen molar-refractivity contribution in [3.63, 3.8) is 0 Å². The highest BCUT2D eigenvalue weighted by Gasteiger charge is 2.60. The van der Waals surface area contributed by atoms with Gasteiger partial charge in [-0.15, -0.1) is 0 Å². The van der Waals surface area contributed by atoms with E-state index in [0.717, 1.165) is 6.07 Å². The Kier molecular flexibility index (Phi) is 5.24. The molecule has 0 spiro atoms. The van der Waals surface area contributed by atoms with E-state index in [-0.39, 0.29) is 44.1 Å². The van der Waals surface area contributed by atoms with Gasteiger partial charge in [-0.1, -0.05) is 0 Å². The molecule has 1 aromatic rings. The molecule has 0 bridgehead atoms. The Morgan fingerprint density at radius 1 is 1.25 bits per heavy atom. The number of Topliss-reactive ketones (excluding diaryl/α,β-unsaturated/α-hetero) is 1. The number of hydrogen-bond donors (Lipinski definition) is 2. The molecule has 0 aliphatic heterocycles. The molecule has 1 heterocycles. The number of aliphatic hydroxyl groups excluding tert-OH is 1. The molecule has 2 unspecified atom stereocenters. The molecule has 1 fully saturated rings. The highest BCUT2D eigenvalue weighted by atomic mass is 19.4. The normalized spacial score (nSPS) is 29.4. The summed E-state index contributed by atoms with van der Waals surface area (Å²) in [7, 11) is 0. The molecule has 0 saturated heterocycles. The smallest absolute Gasteiger partial charge is 0.383 e. The zero-order valence-corrected chi connectivity index (χ0v) is 14.8. The maximum atomic E-state index is 13.2. The fourth-order valence-corrected chi connectivity index (χ4v) is 4.44. The van der Waals surface area contributed by atoms with Crippen LogP contribution >= 0.6 is 0 Å². The van der Waals surface area contributed by atoms with E-state index in [4.69, 9.17) is 5.73 Å². The summed E-state index contributed by atoms with van der Waals surface area (Å²) in [5.41, 5.74) is 3.34. The molecule has 2 aliphatic carbocycles. The van der Waals surface area contributed by atoms with Crippen molar-refractivity contribution in [2.24, 2.45) is 17.1 Å². The topological polar surface area (TPSA) is 76.2 Å². The first kappa shape index (κ1) is 21.0. The number of nitrogens with zero attached hydrogens (tertiary/aromatic N) is 1. The third-order valence-electron chi connectivity index (χ3n) is 5.87. The van der Waals surface area contributed by atoms with Crippen LogP contribution in [0.2, 0.25) is 0 Å². The monoisotopic (exact) mass is 410 g/mol. The molecular formula is C18H20F6N2O2. The number of fused-ring (bicyclic) bond motifs is 1. The Labute approximate surface area is 157 Å². The van der Waals surface area contributed by atoms with Gasteiger partial charge in [0.1, 0.15) is 5.78 Å². The number of aromatic nitrogens is 1. The van der Waals surface area contributed by atoms with Gasteiger partial charge in [-0.2, -0.15) is 26.3 Å². The molecular weight excluding hydrogens is 390 g/mol. The number of nitrogens with two attached hydrogens (primary N) is 1. The Balaban J connectivity index is 1.90. The molecule has 156 valence electrons. The number of aliphatic hydroxyl groups is 1. The summed E-state index contributed by atoms with van der Waals surface area (Å²) < 4.78 is 78.5. The minimum Gasteiger partial charge on any atom is -0.383 e. The zero-order valence-electron chi connectivity index (χ0n) is 14.8. The maximum absolute atomic E-state index is 13.2. The van der Waals surface area contributed by atoms with Crippen LogP contribution in [0.4, 0.5) is 26.3 Å². The molecule has 28 heavy (non-hydrogen) atoms. The Bertz CT molecular complexity index is 763. The standard InChI is InChI=1S/C18H20F6N2O2/c19-17(20,21)11-6-10-5-9(1-2-13(10)26-8-11)14(27)16(4-3-12(25)7-16)15(28)18(22,23)24/h6,8-9,12,15,28H,1-5,7,25H2/t9?,12-,15?,16-/m1/s1. The number of carbonyl (C=O) groups excluding carboxylic acids is 1. The SMILES string of the molecule is N[C@@H]1CC[C@@](C(=O)C2CCc3ncc(C(F)(F)F)cc3C2)(C(O)C(F)(F)F)C1. The van der Waals surface area contributed by atoms with Crippen LogP contribution in [-0.2, 0) is 23.8 Å². The second-order valence-electron chi connectivity index (χ2n) is 7.73. The van der Waals surface area contributed by atoms with Crippen molar-refractivity contribution in [1.82, 2.24) is 4.98 Å². The van der Waals surface area contributed by atoms with E-state index in [1.807, 2.05) is 0 Å². The molecule has 1 aromatic heterocycles. The van der Waals surface area contributed by atoms with Crippen molar-refractivity contribution >= 4 is 5.78 Å². The fraction of sp³-hybridized carbons (Fsp3) is 0.667. The van der Waals surface area contributed by atoms with Gasteiger partial charge in [0.15, 0.2) is 6.10 Å². The maximum Gasteiger partial charge on any atom is 0.417 e. The number of ketones is 1. The first-order valence-corrected chi connectivity index (χ1v) is 8.94. The Morgan fingerprint density at radius 3 is 2.46 bits per heavy atom. The number of alkyl halides is 6. The van der Waals surface area contributed by atoms with E-state index in [1.165, 1.54) is 0 Å². The third kappa shape index (κ3) is 3.76. The second kappa shape index (κ2) is 6.98. The van der Waals surface area contributed by atoms with E-state index in [9.17, 15) is 36.2 Å². The predicted molar refractivity (Wildman–Crippen MR) is 86.1 cm³/mol. The largest absolute Gasteiger partial charge is 0.417 e. The first-order valence-electron chi connectivity index (χ1n) is 8.94. The highest BCUT2D eigenvalue weighted by Crippen LogP contribution is 2.49. The fourth-order valence-electron chi connectivity index (χ4n) is 4.44. The minimum atomic E-state index is -4.99. The van der Waals surface area contributed by atoms with E-state index < -0.39 is 47.2 Å². The lowest BCUT2D eigenvalue weighted by Gasteiger charge is -2.38. The van der Waals surface area contributed by atoms with Gasteiger partial charge >= 0.3 is 12.4 Å². The summed E-state index contributed by atoms with van der Waals surface area (Å²) in [6, 6.07) is 0.255. The van der Waals surface area contributed by atoms with Gasteiger partial charge in [0.25, 0.3) is 0 Å². The van der Waals surface area contributed by atoms with E-state index in [0.29, 0.717) is 11.9 Å². The predicted octanol–water partition coefficient (Wildman–Crippen LogP) is 3.20. The molecule has 0 radical (unpaired) electrons. The van der Waals surface area contributed by atoms with E-state index in [2.05, 4.69) is 4.98 Å². The summed E-state index contributed by atoms with van der Waals surface area (Å²) in [6.07, 6.45) is -11.8. The number of carbonyl (C=O) groups is 1. The van der Waals surface area contributed by atoms with Gasteiger partial charge in [0, 0.05) is 23.9 Å². The number of hydrogen-bond acceptors (Lipinski definition) is 4. The van der Waals surface area contributed by atoms with Crippen LogP contribution in [0.15, 0.2) is 12.3 Å². The lowest BCUT2D eigenvalue weighted by atomic mass is 9.68. The third-order valence-corrected chi connectivity index (χ3v) is 5.87. The second-order valence-corrected chi connectivity index (χ2v) is 7.73. The number of aryl methyl sites for hydroxylation is 1. The first-order chi connectivity index (χ1) is 12.8. The van der Waals surface area contributed by atoms with Crippen molar-refractivity contribution in [3.05, 3.63) is 29.1 Å². The van der Waals surface area contributed by atoms with Crippen LogP contribution in [0.3, 0.4) is 0 Å². The van der Waals surface area contributed by atoms with Crippen LogP contribution in [0, 0.1) is 11.3 Å². The lowest BCUT2D eigenvalue weighted by molar-refractivity contribution is -0.237. The van der Waals surface area contributed by atoms with Crippen LogP contribution in [0.25, 0.3) is 0 Å². The summed E-state index contributed by atoms with van der Waals surface area (Å²) in [4.78, 5) is 16.9. The average molecular weight is 410 g/mol. The van der Waals surface area contributed by atoms with Gasteiger partial charge in [-0.25, -0.2) is 0 Å². The van der Waals surface area contributed by atoms with Crippen molar-refractivity contribution in [1.29, 1.82) is 0 Å². The molecule has 2 aliphatic rings. The van der Waals surface area contributed by atoms with Crippen molar-refractivity contribution < 1.29 is 36.2 Å². The Morgan fingerprint density at radius 2 is 1.93 bits per heavy atom. The molecule has 3 rings (SSSR count). The molecule has 4 nitrogen and oxygen atoms in total. The van der Waals surface area contributed by atoms with Gasteiger partial charge in [-0.05, 0) is 50.2 Å². The van der Waals surface area contributed by atoms with Gasteiger partial charge in [0.2, 0.25) is 0 Å². The zero-order chi connectivity index (χ0) is 20.9. The number of pyridine rings is 1. The van der Waals surface area contributed by atoms with Crippen molar-refractivity contribution in [3.8, 4) is 0 Å². The molecule has 1 saturated carbocycles. The van der Waals surface area contributed by atoms with Crippen molar-refractivity contribution in [2.45, 2.75) is 63.0 Å². The summed E-state index contributed by atoms with van der Waals surface area (Å²) in [6.45, 7) is 0. The molecule has 4 atom stereocenters. The lowest BCUT2D eigenvalue weighted by Crippen LogP contribution is -2.52. The summed E-state index contributed by atoms with van der Waals surface area (Å²) >= 11 is 0. The van der Waals surface area contributed by atoms with Crippen LogP contribution in [0.1, 0.15) is 42.5 Å². The van der Waals surface area contributed by atoms with E-state index in [1.54, 1.807) is 0 Å². The molecule has 10 heteroatoms. The van der Waals surface area contributed by atoms with Crippen molar-refractivity contribution in [2.75, 3.05) is 0 Å². The molecule has 0 amide bonds. The van der Waals surface area contributed by atoms with Gasteiger partial charge in [0.05, 0.1) is 11.0 Å². The molecule has 3 N–H and O–H groups in total. The number of rotatable bonds is 3. The van der Waals surface area contributed by atoms with Gasteiger partial charge in [-0.3, -0.25) is 9.78 Å². The average Bonchev–Trinajstić information content (AvgIpc) is 3.00.